The number of hydrogen-bond acceptors (Lipinski definition) is 3. The zero-order chi connectivity index (χ0) is 14.7. The summed E-state index contributed by atoms with van der Waals surface area (Å²) in [6, 6.07) is 4.41. The predicted octanol–water partition coefficient (Wildman–Crippen LogP) is 1.32. The number of nitrogens with zero attached hydrogens (tertiary/aromatic N) is 1. The fraction of sp³-hybridized carbons (Fsp3) is 0.400. The molecule has 4 nitrogen and oxygen atoms in total. The SMILES string of the molecule is CCNCCc1c(F)ccc2c(CO)cc(=O)n(C)c12. The lowest BCUT2D eigenvalue weighted by Gasteiger charge is -2.14. The monoisotopic (exact) mass is 278 g/mol. The molecule has 0 saturated heterocycles. The van der Waals surface area contributed by atoms with E-state index in [-0.39, 0.29) is 18.0 Å². The van der Waals surface area contributed by atoms with Crippen LogP contribution in [-0.2, 0) is 20.1 Å². The number of likely N-dealkylation sites (N-methyl/N-ethyl adjacent to an activating group) is 1. The second-order valence-corrected chi connectivity index (χ2v) is 4.75. The molecular weight excluding hydrogens is 259 g/mol. The smallest absolute Gasteiger partial charge is 0.251 e. The van der Waals surface area contributed by atoms with E-state index < -0.39 is 0 Å². The van der Waals surface area contributed by atoms with Crippen molar-refractivity contribution in [2.24, 2.45) is 7.05 Å². The quantitative estimate of drug-likeness (QED) is 0.811. The average molecular weight is 278 g/mol. The fourth-order valence-electron chi connectivity index (χ4n) is 2.45. The molecule has 0 aliphatic carbocycles. The Morgan fingerprint density at radius 3 is 2.80 bits per heavy atom. The number of fused-ring (bicyclic) bond motifs is 1. The Balaban J connectivity index is 2.68. The summed E-state index contributed by atoms with van der Waals surface area (Å²) in [5.74, 6) is -0.319. The van der Waals surface area contributed by atoms with Gasteiger partial charge in [0.05, 0.1) is 12.1 Å². The first-order valence-electron chi connectivity index (χ1n) is 6.71. The van der Waals surface area contributed by atoms with Crippen LogP contribution in [0, 0.1) is 5.82 Å². The summed E-state index contributed by atoms with van der Waals surface area (Å²) in [6.45, 7) is 3.21. The fourth-order valence-corrected chi connectivity index (χ4v) is 2.45. The summed E-state index contributed by atoms with van der Waals surface area (Å²) in [4.78, 5) is 11.9. The van der Waals surface area contributed by atoms with E-state index in [1.165, 1.54) is 16.7 Å². The van der Waals surface area contributed by atoms with Gasteiger partial charge >= 0.3 is 0 Å². The molecular formula is C15H19FN2O2. The summed E-state index contributed by atoms with van der Waals surface area (Å²) in [5, 5.41) is 13.2. The molecule has 0 unspecified atom stereocenters. The van der Waals surface area contributed by atoms with Gasteiger partial charge < -0.3 is 15.0 Å². The number of nitrogens with one attached hydrogen (secondary N) is 1. The highest BCUT2D eigenvalue weighted by Crippen LogP contribution is 2.23. The first-order valence-corrected chi connectivity index (χ1v) is 6.71. The summed E-state index contributed by atoms with van der Waals surface area (Å²) in [7, 11) is 1.63. The highest BCUT2D eigenvalue weighted by molar-refractivity contribution is 5.85. The van der Waals surface area contributed by atoms with Crippen molar-refractivity contribution in [3.8, 4) is 0 Å². The zero-order valence-electron chi connectivity index (χ0n) is 11.7. The largest absolute Gasteiger partial charge is 0.392 e. The van der Waals surface area contributed by atoms with E-state index in [0.29, 0.717) is 29.6 Å². The highest BCUT2D eigenvalue weighted by Gasteiger charge is 2.13. The van der Waals surface area contributed by atoms with Crippen LogP contribution in [0.3, 0.4) is 0 Å². The molecule has 1 aromatic heterocycles. The molecule has 0 bridgehead atoms. The van der Waals surface area contributed by atoms with Gasteiger partial charge in [-0.1, -0.05) is 6.92 Å². The van der Waals surface area contributed by atoms with Gasteiger partial charge in [0, 0.05) is 24.1 Å². The van der Waals surface area contributed by atoms with Crippen LogP contribution >= 0.6 is 0 Å². The Kier molecular flexibility index (Phi) is 4.52. The molecule has 2 rings (SSSR count). The molecule has 0 radical (unpaired) electrons. The van der Waals surface area contributed by atoms with Crippen molar-refractivity contribution in [3.05, 3.63) is 45.5 Å². The second-order valence-electron chi connectivity index (χ2n) is 4.75. The Hall–Kier alpha value is -1.72. The number of hydrogen-bond donors (Lipinski definition) is 2. The third kappa shape index (κ3) is 2.59. The maximum Gasteiger partial charge on any atom is 0.251 e. The van der Waals surface area contributed by atoms with Gasteiger partial charge in [-0.15, -0.1) is 0 Å². The summed E-state index contributed by atoms with van der Waals surface area (Å²) >= 11 is 0. The molecule has 108 valence electrons. The number of halogens is 1. The second kappa shape index (κ2) is 6.15. The van der Waals surface area contributed by atoms with Crippen LogP contribution in [-0.4, -0.2) is 22.8 Å². The normalized spacial score (nSPS) is 11.2. The van der Waals surface area contributed by atoms with E-state index in [9.17, 15) is 14.3 Å². The van der Waals surface area contributed by atoms with E-state index in [4.69, 9.17) is 0 Å². The van der Waals surface area contributed by atoms with Gasteiger partial charge in [0.15, 0.2) is 0 Å². The molecule has 0 saturated carbocycles. The molecule has 0 fully saturated rings. The van der Waals surface area contributed by atoms with Gasteiger partial charge in [-0.3, -0.25) is 4.79 Å². The molecule has 0 amide bonds. The van der Waals surface area contributed by atoms with Crippen molar-refractivity contribution >= 4 is 10.9 Å². The standard InChI is InChI=1S/C15H19FN2O2/c1-3-17-7-6-12-13(16)5-4-11-10(9-19)8-14(20)18(2)15(11)12/h4-5,8,17,19H,3,6-7,9H2,1-2H3. The molecule has 2 N–H and O–H groups in total. The van der Waals surface area contributed by atoms with Gasteiger partial charge in [0.2, 0.25) is 0 Å². The summed E-state index contributed by atoms with van der Waals surface area (Å²) in [6.07, 6.45) is 0.499. The lowest BCUT2D eigenvalue weighted by molar-refractivity contribution is 0.283. The molecule has 0 atom stereocenters. The van der Waals surface area contributed by atoms with Gasteiger partial charge in [-0.05, 0) is 37.2 Å². The van der Waals surface area contributed by atoms with Crippen LogP contribution in [0.5, 0.6) is 0 Å². The lowest BCUT2D eigenvalue weighted by Crippen LogP contribution is -2.21. The van der Waals surface area contributed by atoms with Crippen LogP contribution < -0.4 is 10.9 Å². The summed E-state index contributed by atoms with van der Waals surface area (Å²) < 4.78 is 15.5. The van der Waals surface area contributed by atoms with Crippen LogP contribution in [0.2, 0.25) is 0 Å². The highest BCUT2D eigenvalue weighted by atomic mass is 19.1. The Labute approximate surface area is 116 Å². The molecule has 5 heteroatoms. The van der Waals surface area contributed by atoms with Crippen LogP contribution in [0.1, 0.15) is 18.1 Å². The van der Waals surface area contributed by atoms with Gasteiger partial charge in [-0.25, -0.2) is 4.39 Å². The molecule has 2 aromatic rings. The Bertz CT molecular complexity index is 680. The van der Waals surface area contributed by atoms with E-state index in [2.05, 4.69) is 5.32 Å². The number of aromatic nitrogens is 1. The predicted molar refractivity (Wildman–Crippen MR) is 77.3 cm³/mol. The maximum absolute atomic E-state index is 14.1. The van der Waals surface area contributed by atoms with E-state index in [0.717, 1.165) is 11.9 Å². The molecule has 1 heterocycles. The first-order chi connectivity index (χ1) is 9.60. The van der Waals surface area contributed by atoms with Crippen LogP contribution in [0.15, 0.2) is 23.0 Å². The molecule has 0 spiro atoms. The number of aliphatic hydroxyl groups is 1. The van der Waals surface area contributed by atoms with Crippen LogP contribution in [0.25, 0.3) is 10.9 Å². The lowest BCUT2D eigenvalue weighted by atomic mass is 10.0. The minimum absolute atomic E-state index is 0.231. The Morgan fingerprint density at radius 1 is 1.40 bits per heavy atom. The van der Waals surface area contributed by atoms with E-state index >= 15 is 0 Å². The number of aryl methyl sites for hydroxylation is 1. The van der Waals surface area contributed by atoms with Crippen molar-refractivity contribution < 1.29 is 9.50 Å². The van der Waals surface area contributed by atoms with Crippen LogP contribution in [0.4, 0.5) is 4.39 Å². The van der Waals surface area contributed by atoms with Gasteiger partial charge in [0.1, 0.15) is 5.82 Å². The Morgan fingerprint density at radius 2 is 2.15 bits per heavy atom. The molecule has 0 aliphatic heterocycles. The van der Waals surface area contributed by atoms with Crippen molar-refractivity contribution in [2.75, 3.05) is 13.1 Å². The molecule has 0 aliphatic rings. The van der Waals surface area contributed by atoms with Crippen molar-refractivity contribution in [2.45, 2.75) is 20.0 Å². The third-order valence-electron chi connectivity index (χ3n) is 3.51. The van der Waals surface area contributed by atoms with Crippen molar-refractivity contribution in [1.82, 2.24) is 9.88 Å². The van der Waals surface area contributed by atoms with E-state index in [1.807, 2.05) is 6.92 Å². The minimum atomic E-state index is -0.319. The minimum Gasteiger partial charge on any atom is -0.392 e. The van der Waals surface area contributed by atoms with Gasteiger partial charge in [-0.2, -0.15) is 0 Å². The first kappa shape index (κ1) is 14.7. The average Bonchev–Trinajstić information content (AvgIpc) is 2.44. The summed E-state index contributed by atoms with van der Waals surface area (Å²) in [5.41, 5.74) is 1.38. The van der Waals surface area contributed by atoms with E-state index in [1.54, 1.807) is 13.1 Å². The van der Waals surface area contributed by atoms with Crippen molar-refractivity contribution in [1.29, 1.82) is 0 Å². The topological polar surface area (TPSA) is 54.3 Å². The zero-order valence-corrected chi connectivity index (χ0v) is 11.7. The molecule has 1 aromatic carbocycles. The maximum atomic E-state index is 14.1. The number of pyridine rings is 1. The number of aliphatic hydroxyl groups excluding tert-OH is 1. The molecule has 20 heavy (non-hydrogen) atoms. The van der Waals surface area contributed by atoms with Gasteiger partial charge in [0.25, 0.3) is 5.56 Å². The van der Waals surface area contributed by atoms with Crippen molar-refractivity contribution in [3.63, 3.8) is 0 Å². The third-order valence-corrected chi connectivity index (χ3v) is 3.51. The number of rotatable bonds is 5. The number of benzene rings is 1.